The molecule has 0 rings (SSSR count). The summed E-state index contributed by atoms with van der Waals surface area (Å²) < 4.78 is 18.9. The van der Waals surface area contributed by atoms with Crippen LogP contribution in [0.2, 0.25) is 10.6 Å². The molecule has 84 valence electrons. The molecule has 0 aromatic carbocycles. The second-order valence-electron chi connectivity index (χ2n) is 2.39. The third kappa shape index (κ3) is 15.1. The summed E-state index contributed by atoms with van der Waals surface area (Å²) in [5.41, 5.74) is 0. The molecule has 0 unspecified atom stereocenters. The van der Waals surface area contributed by atoms with Crippen LogP contribution in [0.15, 0.2) is 0 Å². The monoisotopic (exact) mass is 238 g/mol. The van der Waals surface area contributed by atoms with Crippen molar-refractivity contribution in [2.24, 2.45) is 0 Å². The van der Waals surface area contributed by atoms with E-state index in [9.17, 15) is 9.46 Å². The Hall–Kier alpha value is 0.642. The summed E-state index contributed by atoms with van der Waals surface area (Å²) >= 11 is 0.815. The van der Waals surface area contributed by atoms with Crippen LogP contribution in [0.3, 0.4) is 0 Å². The van der Waals surface area contributed by atoms with Gasteiger partial charge in [0.2, 0.25) is 0 Å². The number of phosphoric ester groups is 1. The Bertz CT molecular complexity index is 142. The summed E-state index contributed by atoms with van der Waals surface area (Å²) in [5.74, 6) is 0. The van der Waals surface area contributed by atoms with Crippen LogP contribution in [-0.2, 0) is 13.6 Å². The molecule has 0 aliphatic heterocycles. The van der Waals surface area contributed by atoms with Gasteiger partial charge in [0.1, 0.15) is 0 Å². The first kappa shape index (κ1) is 17.1. The topological polar surface area (TPSA) is 58.6 Å². The summed E-state index contributed by atoms with van der Waals surface area (Å²) in [6.07, 6.45) is 0. The SMILES string of the molecule is CCOP(=O)([O-])OCC.C[CH2][Al+][CH2]C. The number of hydrogen-bond acceptors (Lipinski definition) is 4. The average molecular weight is 238 g/mol. The molecular formula is C8H20AlO4P. The van der Waals surface area contributed by atoms with Crippen LogP contribution in [0.1, 0.15) is 27.7 Å². The zero-order valence-electron chi connectivity index (χ0n) is 9.49. The second kappa shape index (κ2) is 11.7. The molecule has 0 bridgehead atoms. The first-order chi connectivity index (χ1) is 6.54. The molecule has 0 fully saturated rings. The Morgan fingerprint density at radius 3 is 1.57 bits per heavy atom. The van der Waals surface area contributed by atoms with Gasteiger partial charge < -0.3 is 13.9 Å². The van der Waals surface area contributed by atoms with E-state index in [1.54, 1.807) is 13.8 Å². The molecular weight excluding hydrogens is 218 g/mol. The van der Waals surface area contributed by atoms with E-state index >= 15 is 0 Å². The van der Waals surface area contributed by atoms with Crippen LogP contribution in [0.5, 0.6) is 0 Å². The van der Waals surface area contributed by atoms with Crippen molar-refractivity contribution in [1.29, 1.82) is 0 Å². The summed E-state index contributed by atoms with van der Waals surface area (Å²) in [6, 6.07) is 0. The third-order valence-electron chi connectivity index (χ3n) is 1.15. The van der Waals surface area contributed by atoms with Crippen LogP contribution in [0.4, 0.5) is 0 Å². The molecule has 0 aliphatic carbocycles. The summed E-state index contributed by atoms with van der Waals surface area (Å²) in [5, 5.41) is 2.85. The first-order valence-corrected chi connectivity index (χ1v) is 8.05. The van der Waals surface area contributed by atoms with Crippen molar-refractivity contribution >= 4 is 23.0 Å². The number of rotatable bonds is 6. The van der Waals surface area contributed by atoms with Crippen molar-refractivity contribution in [3.05, 3.63) is 0 Å². The van der Waals surface area contributed by atoms with Crippen molar-refractivity contribution in [2.75, 3.05) is 13.2 Å². The Kier molecular flexibility index (Phi) is 14.3. The van der Waals surface area contributed by atoms with Gasteiger partial charge in [0.25, 0.3) is 7.82 Å². The van der Waals surface area contributed by atoms with Crippen LogP contribution in [0.25, 0.3) is 0 Å². The molecule has 4 nitrogen and oxygen atoms in total. The van der Waals surface area contributed by atoms with E-state index in [1.165, 1.54) is 10.6 Å². The second-order valence-corrected chi connectivity index (χ2v) is 6.01. The number of hydrogen-bond donors (Lipinski definition) is 0. The third-order valence-corrected chi connectivity index (χ3v) is 3.46. The summed E-state index contributed by atoms with van der Waals surface area (Å²) in [6.45, 7) is 7.92. The van der Waals surface area contributed by atoms with Gasteiger partial charge in [-0.1, -0.05) is 0 Å². The van der Waals surface area contributed by atoms with Crippen molar-refractivity contribution in [3.63, 3.8) is 0 Å². The fourth-order valence-electron chi connectivity index (χ4n) is 0.642. The zero-order valence-corrected chi connectivity index (χ0v) is 11.5. The van der Waals surface area contributed by atoms with Gasteiger partial charge in [0.15, 0.2) is 0 Å². The Balaban J connectivity index is 0. The van der Waals surface area contributed by atoms with Gasteiger partial charge >= 0.3 is 39.6 Å². The zero-order chi connectivity index (χ0) is 11.4. The molecule has 0 heterocycles. The van der Waals surface area contributed by atoms with Gasteiger partial charge in [-0.15, -0.1) is 0 Å². The molecule has 0 spiro atoms. The van der Waals surface area contributed by atoms with Gasteiger partial charge in [0, 0.05) is 0 Å². The molecule has 0 aromatic rings. The van der Waals surface area contributed by atoms with E-state index in [1.807, 2.05) is 0 Å². The maximum absolute atomic E-state index is 10.4. The molecule has 14 heavy (non-hydrogen) atoms. The molecule has 0 aromatic heterocycles. The van der Waals surface area contributed by atoms with Crippen LogP contribution in [0, 0.1) is 0 Å². The predicted octanol–water partition coefficient (Wildman–Crippen LogP) is 2.09. The first-order valence-electron chi connectivity index (χ1n) is 4.95. The normalized spacial score (nSPS) is 10.1. The maximum atomic E-state index is 10.4. The fraction of sp³-hybridized carbons (Fsp3) is 1.00. The van der Waals surface area contributed by atoms with Crippen molar-refractivity contribution in [2.45, 2.75) is 38.3 Å². The van der Waals surface area contributed by atoms with E-state index in [2.05, 4.69) is 22.9 Å². The van der Waals surface area contributed by atoms with Crippen LogP contribution < -0.4 is 4.89 Å². The van der Waals surface area contributed by atoms with Gasteiger partial charge in [-0.3, -0.25) is 4.57 Å². The van der Waals surface area contributed by atoms with Gasteiger partial charge in [-0.2, -0.15) is 0 Å². The fourth-order valence-corrected chi connectivity index (χ4v) is 1.93. The Morgan fingerprint density at radius 1 is 1.07 bits per heavy atom. The van der Waals surface area contributed by atoms with Crippen molar-refractivity contribution in [3.8, 4) is 0 Å². The molecule has 6 heteroatoms. The van der Waals surface area contributed by atoms with Crippen LogP contribution >= 0.6 is 7.82 Å². The standard InChI is InChI=1S/C4H11O4P.2C2H5.Al/c1-3-7-9(5,6)8-4-2;2*1-2;/h3-4H2,1-2H3,(H,5,6);2*1H2,2H3;/q;;;+1/p-1. The van der Waals surface area contributed by atoms with Crippen molar-refractivity contribution in [1.82, 2.24) is 0 Å². The minimum atomic E-state index is -3.94. The number of phosphoric acid groups is 1. The predicted molar refractivity (Wildman–Crippen MR) is 57.6 cm³/mol. The minimum absolute atomic E-state index is 0.126. The molecule has 0 aliphatic rings. The van der Waals surface area contributed by atoms with E-state index in [0.29, 0.717) is 0 Å². The summed E-state index contributed by atoms with van der Waals surface area (Å²) in [4.78, 5) is 10.4. The van der Waals surface area contributed by atoms with Crippen LogP contribution in [-0.4, -0.2) is 28.4 Å². The van der Waals surface area contributed by atoms with E-state index in [-0.39, 0.29) is 13.2 Å². The quantitative estimate of drug-likeness (QED) is 0.525. The molecule has 0 radical (unpaired) electrons. The molecule has 0 atom stereocenters. The van der Waals surface area contributed by atoms with E-state index in [4.69, 9.17) is 0 Å². The molecule has 0 saturated heterocycles. The molecule has 0 N–H and O–H groups in total. The molecule has 0 amide bonds. The Labute approximate surface area is 93.3 Å². The average Bonchev–Trinajstić information content (AvgIpc) is 2.06. The van der Waals surface area contributed by atoms with Gasteiger partial charge in [0.05, 0.1) is 13.2 Å². The molecule has 0 saturated carbocycles. The van der Waals surface area contributed by atoms with E-state index in [0.717, 1.165) is 15.2 Å². The van der Waals surface area contributed by atoms with Gasteiger partial charge in [-0.25, -0.2) is 0 Å². The Morgan fingerprint density at radius 2 is 1.43 bits per heavy atom. The van der Waals surface area contributed by atoms with Crippen molar-refractivity contribution < 1.29 is 18.5 Å². The summed E-state index contributed by atoms with van der Waals surface area (Å²) in [7, 11) is -3.94. The van der Waals surface area contributed by atoms with Gasteiger partial charge in [-0.05, 0) is 13.8 Å². The van der Waals surface area contributed by atoms with E-state index < -0.39 is 7.82 Å².